The van der Waals surface area contributed by atoms with E-state index in [1.165, 1.54) is 0 Å². The number of nitrogens with zero attached hydrogens (tertiary/aromatic N) is 4. The standard InChI is InChI=1S/C16H22N4O3/c1-11-2-3-15(18-17-11)20-5-4-13-12(20)10-14(23-13)16(21)19-6-8-22-9-7-19/h2-3,12-14H,4-10H2,1H3/t12-,13-,14-/m0/s1. The van der Waals surface area contributed by atoms with Crippen LogP contribution < -0.4 is 4.90 Å². The third-order valence-electron chi connectivity index (χ3n) is 4.95. The molecule has 4 heterocycles. The van der Waals surface area contributed by atoms with Gasteiger partial charge in [0.2, 0.25) is 0 Å². The quantitative estimate of drug-likeness (QED) is 0.785. The zero-order valence-corrected chi connectivity index (χ0v) is 13.4. The van der Waals surface area contributed by atoms with Crippen molar-refractivity contribution in [2.45, 2.75) is 38.0 Å². The minimum atomic E-state index is -0.329. The maximum Gasteiger partial charge on any atom is 0.251 e. The molecule has 0 unspecified atom stereocenters. The molecule has 1 amide bonds. The third-order valence-corrected chi connectivity index (χ3v) is 4.95. The molecular formula is C16H22N4O3. The summed E-state index contributed by atoms with van der Waals surface area (Å²) in [7, 11) is 0. The number of hydrogen-bond donors (Lipinski definition) is 0. The SMILES string of the molecule is Cc1ccc(N2CC[C@@H]3O[C@H](C(=O)N4CCOCC4)C[C@@H]32)nn1. The van der Waals surface area contributed by atoms with E-state index in [1.807, 2.05) is 24.0 Å². The van der Waals surface area contributed by atoms with Crippen molar-refractivity contribution in [1.82, 2.24) is 15.1 Å². The van der Waals surface area contributed by atoms with Crippen molar-refractivity contribution < 1.29 is 14.3 Å². The van der Waals surface area contributed by atoms with Crippen LogP contribution in [-0.2, 0) is 14.3 Å². The number of anilines is 1. The Kier molecular flexibility index (Phi) is 3.90. The molecule has 0 spiro atoms. The Morgan fingerprint density at radius 1 is 1.22 bits per heavy atom. The highest BCUT2D eigenvalue weighted by Crippen LogP contribution is 2.35. The molecule has 124 valence electrons. The number of fused-ring (bicyclic) bond motifs is 1. The van der Waals surface area contributed by atoms with Crippen molar-refractivity contribution in [2.75, 3.05) is 37.7 Å². The smallest absolute Gasteiger partial charge is 0.251 e. The van der Waals surface area contributed by atoms with E-state index >= 15 is 0 Å². The molecule has 0 radical (unpaired) electrons. The molecule has 3 fully saturated rings. The van der Waals surface area contributed by atoms with Gasteiger partial charge in [0.25, 0.3) is 5.91 Å². The lowest BCUT2D eigenvalue weighted by Gasteiger charge is -2.29. The van der Waals surface area contributed by atoms with E-state index in [-0.39, 0.29) is 24.2 Å². The molecule has 7 nitrogen and oxygen atoms in total. The lowest BCUT2D eigenvalue weighted by atomic mass is 10.1. The second-order valence-corrected chi connectivity index (χ2v) is 6.42. The van der Waals surface area contributed by atoms with Crippen LogP contribution in [0.5, 0.6) is 0 Å². The van der Waals surface area contributed by atoms with E-state index < -0.39 is 0 Å². The number of morpholine rings is 1. The van der Waals surface area contributed by atoms with Gasteiger partial charge in [-0.15, -0.1) is 5.10 Å². The third kappa shape index (κ3) is 2.79. The van der Waals surface area contributed by atoms with Crippen molar-refractivity contribution in [3.05, 3.63) is 17.8 Å². The molecule has 0 aromatic carbocycles. The summed E-state index contributed by atoms with van der Waals surface area (Å²) in [6.07, 6.45) is 1.46. The fourth-order valence-corrected chi connectivity index (χ4v) is 3.72. The topological polar surface area (TPSA) is 67.8 Å². The average Bonchev–Trinajstić information content (AvgIpc) is 3.16. The van der Waals surface area contributed by atoms with Crippen LogP contribution in [0, 0.1) is 6.92 Å². The maximum atomic E-state index is 12.6. The van der Waals surface area contributed by atoms with Gasteiger partial charge < -0.3 is 19.3 Å². The van der Waals surface area contributed by atoms with Gasteiger partial charge in [-0.1, -0.05) is 0 Å². The van der Waals surface area contributed by atoms with Crippen LogP contribution in [0.2, 0.25) is 0 Å². The Balaban J connectivity index is 1.44. The summed E-state index contributed by atoms with van der Waals surface area (Å²) in [6.45, 7) is 5.42. The van der Waals surface area contributed by atoms with E-state index in [1.54, 1.807) is 0 Å². The van der Waals surface area contributed by atoms with E-state index in [0.29, 0.717) is 26.3 Å². The van der Waals surface area contributed by atoms with E-state index in [0.717, 1.165) is 30.9 Å². The van der Waals surface area contributed by atoms with Crippen LogP contribution in [0.15, 0.2) is 12.1 Å². The van der Waals surface area contributed by atoms with Crippen LogP contribution in [0.1, 0.15) is 18.5 Å². The first-order valence-electron chi connectivity index (χ1n) is 8.31. The minimum Gasteiger partial charge on any atom is -0.378 e. The highest BCUT2D eigenvalue weighted by atomic mass is 16.5. The van der Waals surface area contributed by atoms with Gasteiger partial charge in [0.15, 0.2) is 5.82 Å². The predicted molar refractivity (Wildman–Crippen MR) is 83.2 cm³/mol. The first-order chi connectivity index (χ1) is 11.2. The van der Waals surface area contributed by atoms with Gasteiger partial charge >= 0.3 is 0 Å². The summed E-state index contributed by atoms with van der Waals surface area (Å²) in [5, 5.41) is 8.43. The number of rotatable bonds is 2. The number of carbonyl (C=O) groups excluding carboxylic acids is 1. The predicted octanol–water partition coefficient (Wildman–Crippen LogP) is 0.380. The summed E-state index contributed by atoms with van der Waals surface area (Å²) in [5.41, 5.74) is 0.910. The zero-order valence-electron chi connectivity index (χ0n) is 13.4. The minimum absolute atomic E-state index is 0.109. The Hall–Kier alpha value is -1.73. The van der Waals surface area contributed by atoms with Crippen molar-refractivity contribution in [3.63, 3.8) is 0 Å². The van der Waals surface area contributed by atoms with Gasteiger partial charge in [-0.05, 0) is 25.5 Å². The molecule has 3 aliphatic heterocycles. The zero-order chi connectivity index (χ0) is 15.8. The number of aryl methyl sites for hydroxylation is 1. The van der Waals surface area contributed by atoms with Crippen molar-refractivity contribution >= 4 is 11.7 Å². The van der Waals surface area contributed by atoms with Gasteiger partial charge in [0.05, 0.1) is 31.1 Å². The van der Waals surface area contributed by atoms with Gasteiger partial charge in [-0.2, -0.15) is 5.10 Å². The monoisotopic (exact) mass is 318 g/mol. The molecule has 1 aromatic rings. The second kappa shape index (κ2) is 6.05. The molecule has 3 atom stereocenters. The molecule has 7 heteroatoms. The van der Waals surface area contributed by atoms with E-state index in [2.05, 4.69) is 15.1 Å². The van der Waals surface area contributed by atoms with Crippen LogP contribution in [0.3, 0.4) is 0 Å². The number of hydrogen-bond acceptors (Lipinski definition) is 6. The molecule has 23 heavy (non-hydrogen) atoms. The molecule has 0 N–H and O–H groups in total. The Labute approximate surface area is 135 Å². The fraction of sp³-hybridized carbons (Fsp3) is 0.688. The summed E-state index contributed by atoms with van der Waals surface area (Å²) >= 11 is 0. The highest BCUT2D eigenvalue weighted by molar-refractivity contribution is 5.81. The lowest BCUT2D eigenvalue weighted by Crippen LogP contribution is -2.46. The molecule has 0 aliphatic carbocycles. The fourth-order valence-electron chi connectivity index (χ4n) is 3.72. The number of ether oxygens (including phenoxy) is 2. The van der Waals surface area contributed by atoms with Gasteiger partial charge in [0.1, 0.15) is 6.10 Å². The van der Waals surface area contributed by atoms with E-state index in [9.17, 15) is 4.79 Å². The molecule has 0 saturated carbocycles. The second-order valence-electron chi connectivity index (χ2n) is 6.42. The van der Waals surface area contributed by atoms with Crippen LogP contribution in [0.25, 0.3) is 0 Å². The Morgan fingerprint density at radius 3 is 2.78 bits per heavy atom. The van der Waals surface area contributed by atoms with E-state index in [4.69, 9.17) is 9.47 Å². The van der Waals surface area contributed by atoms with Crippen LogP contribution in [-0.4, -0.2) is 72.1 Å². The maximum absolute atomic E-state index is 12.6. The largest absolute Gasteiger partial charge is 0.378 e. The molecule has 3 aliphatic rings. The number of amides is 1. The van der Waals surface area contributed by atoms with Gasteiger partial charge in [-0.3, -0.25) is 4.79 Å². The average molecular weight is 318 g/mol. The summed E-state index contributed by atoms with van der Waals surface area (Å²) in [6, 6.07) is 4.20. The molecule has 3 saturated heterocycles. The van der Waals surface area contributed by atoms with Crippen LogP contribution in [0.4, 0.5) is 5.82 Å². The molecule has 0 bridgehead atoms. The van der Waals surface area contributed by atoms with Crippen molar-refractivity contribution in [1.29, 1.82) is 0 Å². The Bertz CT molecular complexity index is 573. The number of aromatic nitrogens is 2. The Morgan fingerprint density at radius 2 is 2.04 bits per heavy atom. The highest BCUT2D eigenvalue weighted by Gasteiger charge is 2.47. The summed E-state index contributed by atoms with van der Waals surface area (Å²) in [5.74, 6) is 0.990. The normalized spacial score (nSPS) is 30.6. The first kappa shape index (κ1) is 14.8. The number of carbonyl (C=O) groups is 1. The van der Waals surface area contributed by atoms with Crippen molar-refractivity contribution in [2.24, 2.45) is 0 Å². The first-order valence-corrected chi connectivity index (χ1v) is 8.31. The molecular weight excluding hydrogens is 296 g/mol. The molecule has 1 aromatic heterocycles. The van der Waals surface area contributed by atoms with Crippen molar-refractivity contribution in [3.8, 4) is 0 Å². The molecule has 4 rings (SSSR count). The lowest BCUT2D eigenvalue weighted by molar-refractivity contribution is -0.146. The van der Waals surface area contributed by atoms with Crippen LogP contribution >= 0.6 is 0 Å². The summed E-state index contributed by atoms with van der Waals surface area (Å²) < 4.78 is 11.4. The summed E-state index contributed by atoms with van der Waals surface area (Å²) in [4.78, 5) is 16.7. The van der Waals surface area contributed by atoms with Gasteiger partial charge in [-0.25, -0.2) is 0 Å². The van der Waals surface area contributed by atoms with Gasteiger partial charge in [0, 0.05) is 26.1 Å².